The molecule has 1 fully saturated rings. The Bertz CT molecular complexity index is 617. The van der Waals surface area contributed by atoms with Gasteiger partial charge >= 0.3 is 0 Å². The summed E-state index contributed by atoms with van der Waals surface area (Å²) in [5, 5.41) is 3.63. The molecule has 0 radical (unpaired) electrons. The highest BCUT2D eigenvalue weighted by Gasteiger charge is 2.20. The Morgan fingerprint density at radius 3 is 2.78 bits per heavy atom. The summed E-state index contributed by atoms with van der Waals surface area (Å²) in [6.45, 7) is 4.21. The van der Waals surface area contributed by atoms with Crippen LogP contribution in [0.25, 0.3) is 0 Å². The van der Waals surface area contributed by atoms with E-state index in [1.54, 1.807) is 13.0 Å². The van der Waals surface area contributed by atoms with E-state index in [-0.39, 0.29) is 17.3 Å². The minimum atomic E-state index is -3.55. The van der Waals surface area contributed by atoms with Gasteiger partial charge in [0.05, 0.1) is 17.0 Å². The smallest absolute Gasteiger partial charge is 0.240 e. The predicted molar refractivity (Wildman–Crippen MR) is 95.4 cm³/mol. The summed E-state index contributed by atoms with van der Waals surface area (Å²) in [4.78, 5) is 0.208. The monoisotopic (exact) mass is 382 g/mol. The standard InChI is InChI=1S/C15H23ClN2O3S.ClH/c1-11-8-14(21-2)13(16)9-15(11)22(19,20)18-7-5-12-4-3-6-17-10-12;/h8-9,12,17-18H,3-7,10H2,1-2H3;1H. The van der Waals surface area contributed by atoms with Crippen LogP contribution >= 0.6 is 24.0 Å². The third-order valence-electron chi connectivity index (χ3n) is 3.98. The van der Waals surface area contributed by atoms with E-state index in [0.29, 0.717) is 28.8 Å². The van der Waals surface area contributed by atoms with Gasteiger partial charge in [0.15, 0.2) is 0 Å². The van der Waals surface area contributed by atoms with Crippen molar-refractivity contribution in [2.75, 3.05) is 26.7 Å². The first kappa shape index (κ1) is 20.5. The number of rotatable bonds is 6. The van der Waals surface area contributed by atoms with Gasteiger partial charge in [0.25, 0.3) is 0 Å². The Morgan fingerprint density at radius 1 is 1.43 bits per heavy atom. The van der Waals surface area contributed by atoms with Crippen molar-refractivity contribution >= 4 is 34.0 Å². The third-order valence-corrected chi connectivity index (χ3v) is 5.88. The van der Waals surface area contributed by atoms with E-state index < -0.39 is 10.0 Å². The summed E-state index contributed by atoms with van der Waals surface area (Å²) >= 11 is 6.04. The number of hydrogen-bond donors (Lipinski definition) is 2. The lowest BCUT2D eigenvalue weighted by Crippen LogP contribution is -2.33. The second-order valence-corrected chi connectivity index (χ2v) is 7.79. The van der Waals surface area contributed by atoms with Gasteiger partial charge in [-0.1, -0.05) is 11.6 Å². The van der Waals surface area contributed by atoms with Gasteiger partial charge in [-0.05, 0) is 62.9 Å². The Balaban J connectivity index is 0.00000264. The van der Waals surface area contributed by atoms with E-state index in [9.17, 15) is 8.42 Å². The van der Waals surface area contributed by atoms with Crippen molar-refractivity contribution in [1.29, 1.82) is 0 Å². The van der Waals surface area contributed by atoms with E-state index in [2.05, 4.69) is 10.0 Å². The van der Waals surface area contributed by atoms with Crippen LogP contribution in [0.2, 0.25) is 5.02 Å². The van der Waals surface area contributed by atoms with Gasteiger partial charge in [0.1, 0.15) is 5.75 Å². The highest BCUT2D eigenvalue weighted by molar-refractivity contribution is 7.89. The van der Waals surface area contributed by atoms with Gasteiger partial charge in [0.2, 0.25) is 10.0 Å². The van der Waals surface area contributed by atoms with Gasteiger partial charge in [-0.3, -0.25) is 0 Å². The second kappa shape index (κ2) is 9.08. The first-order valence-corrected chi connectivity index (χ1v) is 9.34. The fourth-order valence-corrected chi connectivity index (χ4v) is 4.33. The summed E-state index contributed by atoms with van der Waals surface area (Å²) in [6, 6.07) is 3.09. The van der Waals surface area contributed by atoms with Gasteiger partial charge in [0, 0.05) is 6.54 Å². The largest absolute Gasteiger partial charge is 0.495 e. The first-order chi connectivity index (χ1) is 10.4. The summed E-state index contributed by atoms with van der Waals surface area (Å²) in [6.07, 6.45) is 3.15. The second-order valence-electron chi connectivity index (χ2n) is 5.65. The minimum Gasteiger partial charge on any atom is -0.495 e. The molecule has 0 spiro atoms. The molecule has 2 rings (SSSR count). The molecule has 1 aromatic carbocycles. The maximum Gasteiger partial charge on any atom is 0.240 e. The number of hydrogen-bond acceptors (Lipinski definition) is 4. The normalized spacial score (nSPS) is 18.3. The van der Waals surface area contributed by atoms with E-state index in [1.165, 1.54) is 13.2 Å². The molecule has 132 valence electrons. The Labute approximate surface area is 149 Å². The molecule has 1 saturated heterocycles. The topological polar surface area (TPSA) is 67.4 Å². The lowest BCUT2D eigenvalue weighted by atomic mass is 9.96. The third kappa shape index (κ3) is 5.50. The number of nitrogens with one attached hydrogen (secondary N) is 2. The van der Waals surface area contributed by atoms with Crippen molar-refractivity contribution in [3.8, 4) is 5.75 Å². The average Bonchev–Trinajstić information content (AvgIpc) is 2.50. The highest BCUT2D eigenvalue weighted by Crippen LogP contribution is 2.30. The molecule has 0 amide bonds. The Hall–Kier alpha value is -0.530. The zero-order valence-electron chi connectivity index (χ0n) is 13.4. The van der Waals surface area contributed by atoms with Crippen molar-refractivity contribution < 1.29 is 13.2 Å². The molecule has 1 unspecified atom stereocenters. The molecule has 1 aliphatic rings. The maximum atomic E-state index is 12.4. The molecule has 1 aliphatic heterocycles. The van der Waals surface area contributed by atoms with Gasteiger partial charge in [-0.2, -0.15) is 0 Å². The van der Waals surface area contributed by atoms with Crippen molar-refractivity contribution in [3.05, 3.63) is 22.7 Å². The summed E-state index contributed by atoms with van der Waals surface area (Å²) in [7, 11) is -2.04. The summed E-state index contributed by atoms with van der Waals surface area (Å²) in [5.74, 6) is 1.02. The fourth-order valence-electron chi connectivity index (χ4n) is 2.73. The molecule has 1 aromatic rings. The highest BCUT2D eigenvalue weighted by atomic mass is 35.5. The van der Waals surface area contributed by atoms with Crippen LogP contribution in [0.1, 0.15) is 24.8 Å². The Kier molecular flexibility index (Phi) is 8.10. The van der Waals surface area contributed by atoms with Gasteiger partial charge in [-0.25, -0.2) is 13.1 Å². The van der Waals surface area contributed by atoms with Gasteiger partial charge in [-0.15, -0.1) is 12.4 Å². The number of aryl methyl sites for hydroxylation is 1. The molecular formula is C15H24Cl2N2O3S. The lowest BCUT2D eigenvalue weighted by molar-refractivity contribution is 0.358. The minimum absolute atomic E-state index is 0. The average molecular weight is 383 g/mol. The molecular weight excluding hydrogens is 359 g/mol. The molecule has 23 heavy (non-hydrogen) atoms. The number of benzene rings is 1. The van der Waals surface area contributed by atoms with E-state index in [1.807, 2.05) is 0 Å². The van der Waals surface area contributed by atoms with Crippen LogP contribution in [0, 0.1) is 12.8 Å². The molecule has 2 N–H and O–H groups in total. The fraction of sp³-hybridized carbons (Fsp3) is 0.600. The van der Waals surface area contributed by atoms with Crippen LogP contribution in [-0.2, 0) is 10.0 Å². The van der Waals surface area contributed by atoms with Crippen molar-refractivity contribution in [1.82, 2.24) is 10.0 Å². The van der Waals surface area contributed by atoms with Gasteiger partial charge < -0.3 is 10.1 Å². The molecule has 1 atom stereocenters. The number of piperidine rings is 1. The molecule has 0 bridgehead atoms. The molecule has 0 aromatic heterocycles. The molecule has 0 aliphatic carbocycles. The number of ether oxygens (including phenoxy) is 1. The van der Waals surface area contributed by atoms with E-state index in [0.717, 1.165) is 32.4 Å². The maximum absolute atomic E-state index is 12.4. The van der Waals surface area contributed by atoms with Crippen LogP contribution in [0.4, 0.5) is 0 Å². The SMILES string of the molecule is COc1cc(C)c(S(=O)(=O)NCCC2CCCNC2)cc1Cl.Cl. The summed E-state index contributed by atoms with van der Waals surface area (Å²) < 4.78 is 32.6. The molecule has 0 saturated carbocycles. The van der Waals surface area contributed by atoms with Crippen LogP contribution < -0.4 is 14.8 Å². The van der Waals surface area contributed by atoms with Crippen molar-refractivity contribution in [2.45, 2.75) is 31.1 Å². The van der Waals surface area contributed by atoms with Crippen LogP contribution in [0.15, 0.2) is 17.0 Å². The molecule has 1 heterocycles. The van der Waals surface area contributed by atoms with E-state index in [4.69, 9.17) is 16.3 Å². The molecule has 8 heteroatoms. The zero-order chi connectivity index (χ0) is 16.2. The van der Waals surface area contributed by atoms with Crippen molar-refractivity contribution in [2.24, 2.45) is 5.92 Å². The summed E-state index contributed by atoms with van der Waals surface area (Å²) in [5.41, 5.74) is 0.619. The van der Waals surface area contributed by atoms with Crippen molar-refractivity contribution in [3.63, 3.8) is 0 Å². The Morgan fingerprint density at radius 2 is 2.17 bits per heavy atom. The zero-order valence-corrected chi connectivity index (χ0v) is 15.8. The van der Waals surface area contributed by atoms with Crippen LogP contribution in [-0.4, -0.2) is 35.2 Å². The predicted octanol–water partition coefficient (Wildman–Crippen LogP) is 2.75. The van der Waals surface area contributed by atoms with Crippen LogP contribution in [0.3, 0.4) is 0 Å². The van der Waals surface area contributed by atoms with E-state index >= 15 is 0 Å². The van der Waals surface area contributed by atoms with Crippen LogP contribution in [0.5, 0.6) is 5.75 Å². The number of halogens is 2. The number of sulfonamides is 1. The first-order valence-electron chi connectivity index (χ1n) is 7.48. The molecule has 5 nitrogen and oxygen atoms in total. The number of methoxy groups -OCH3 is 1. The quantitative estimate of drug-likeness (QED) is 0.793. The lowest BCUT2D eigenvalue weighted by Gasteiger charge is -2.22.